The molecule has 1 aromatic heterocycles. The fraction of sp³-hybridized carbons (Fsp3) is 0.733. The van der Waals surface area contributed by atoms with Crippen LogP contribution >= 0.6 is 0 Å². The standard InChI is InChI=1S/C15H26N2O/c1-11-8-12(2)10-13(9-11)15(17-16)6-5-14-4-3-7-18-14/h3-4,7,11-13,15,17H,5-6,8-10,16H2,1-2H3. The van der Waals surface area contributed by atoms with Gasteiger partial charge in [0.15, 0.2) is 0 Å². The molecule has 1 saturated carbocycles. The Morgan fingerprint density at radius 2 is 2.06 bits per heavy atom. The molecule has 2 rings (SSSR count). The van der Waals surface area contributed by atoms with Gasteiger partial charge in [-0.2, -0.15) is 0 Å². The van der Waals surface area contributed by atoms with Crippen molar-refractivity contribution in [3.63, 3.8) is 0 Å². The first-order valence-electron chi connectivity index (χ1n) is 7.17. The molecule has 1 aliphatic rings. The van der Waals surface area contributed by atoms with Gasteiger partial charge in [0.1, 0.15) is 5.76 Å². The lowest BCUT2D eigenvalue weighted by atomic mass is 9.73. The number of furan rings is 1. The maximum Gasteiger partial charge on any atom is 0.103 e. The zero-order valence-electron chi connectivity index (χ0n) is 11.6. The Morgan fingerprint density at radius 1 is 1.33 bits per heavy atom. The molecule has 0 bridgehead atoms. The summed E-state index contributed by atoms with van der Waals surface area (Å²) in [6.07, 6.45) is 7.75. The first kappa shape index (κ1) is 13.6. The quantitative estimate of drug-likeness (QED) is 0.623. The second kappa shape index (κ2) is 6.39. The summed E-state index contributed by atoms with van der Waals surface area (Å²) in [6.45, 7) is 4.73. The lowest BCUT2D eigenvalue weighted by Crippen LogP contribution is -2.43. The van der Waals surface area contributed by atoms with Crippen LogP contribution in [0.1, 0.15) is 45.3 Å². The minimum atomic E-state index is 0.417. The Balaban J connectivity index is 1.87. The second-order valence-electron chi connectivity index (χ2n) is 6.07. The van der Waals surface area contributed by atoms with Crippen LogP contribution in [0.4, 0.5) is 0 Å². The Hall–Kier alpha value is -0.800. The zero-order chi connectivity index (χ0) is 13.0. The van der Waals surface area contributed by atoms with Crippen LogP contribution in [0.5, 0.6) is 0 Å². The Kier molecular flexibility index (Phi) is 4.84. The van der Waals surface area contributed by atoms with Gasteiger partial charge in [-0.25, -0.2) is 0 Å². The molecule has 3 unspecified atom stereocenters. The number of aryl methyl sites for hydroxylation is 1. The number of nitrogens with one attached hydrogen (secondary N) is 1. The van der Waals surface area contributed by atoms with Gasteiger partial charge >= 0.3 is 0 Å². The van der Waals surface area contributed by atoms with E-state index in [0.29, 0.717) is 12.0 Å². The van der Waals surface area contributed by atoms with Crippen LogP contribution in [0, 0.1) is 17.8 Å². The monoisotopic (exact) mass is 250 g/mol. The van der Waals surface area contributed by atoms with Gasteiger partial charge < -0.3 is 4.42 Å². The first-order valence-corrected chi connectivity index (χ1v) is 7.17. The Labute approximate surface area is 110 Å². The summed E-state index contributed by atoms with van der Waals surface area (Å²) < 4.78 is 5.39. The number of hydrogen-bond acceptors (Lipinski definition) is 3. The van der Waals surface area contributed by atoms with Gasteiger partial charge in [0.2, 0.25) is 0 Å². The molecule has 0 spiro atoms. The van der Waals surface area contributed by atoms with Crippen molar-refractivity contribution in [1.29, 1.82) is 0 Å². The molecular formula is C15H26N2O. The fourth-order valence-corrected chi connectivity index (χ4v) is 3.55. The first-order chi connectivity index (χ1) is 8.69. The molecule has 102 valence electrons. The van der Waals surface area contributed by atoms with Gasteiger partial charge in [-0.05, 0) is 55.6 Å². The molecule has 0 amide bonds. The van der Waals surface area contributed by atoms with E-state index in [-0.39, 0.29) is 0 Å². The molecule has 1 heterocycles. The molecule has 0 radical (unpaired) electrons. The third-order valence-electron chi connectivity index (χ3n) is 4.28. The third-order valence-corrected chi connectivity index (χ3v) is 4.28. The molecule has 1 fully saturated rings. The van der Waals surface area contributed by atoms with Crippen molar-refractivity contribution in [3.05, 3.63) is 24.2 Å². The van der Waals surface area contributed by atoms with Crippen LogP contribution in [0.3, 0.4) is 0 Å². The van der Waals surface area contributed by atoms with Crippen molar-refractivity contribution in [3.8, 4) is 0 Å². The average Bonchev–Trinajstić information content (AvgIpc) is 2.81. The molecule has 0 aromatic carbocycles. The van der Waals surface area contributed by atoms with Crippen LogP contribution < -0.4 is 11.3 Å². The van der Waals surface area contributed by atoms with Crippen molar-refractivity contribution >= 4 is 0 Å². The molecule has 1 aromatic rings. The Morgan fingerprint density at radius 3 is 2.61 bits per heavy atom. The largest absolute Gasteiger partial charge is 0.469 e. The minimum Gasteiger partial charge on any atom is -0.469 e. The van der Waals surface area contributed by atoms with Crippen molar-refractivity contribution in [1.82, 2.24) is 5.43 Å². The number of nitrogens with two attached hydrogens (primary N) is 1. The summed E-state index contributed by atoms with van der Waals surface area (Å²) in [4.78, 5) is 0. The van der Waals surface area contributed by atoms with Crippen LogP contribution in [-0.4, -0.2) is 6.04 Å². The smallest absolute Gasteiger partial charge is 0.103 e. The zero-order valence-corrected chi connectivity index (χ0v) is 11.6. The van der Waals surface area contributed by atoms with E-state index < -0.39 is 0 Å². The van der Waals surface area contributed by atoms with E-state index in [0.717, 1.165) is 30.4 Å². The number of rotatable bonds is 5. The van der Waals surface area contributed by atoms with Crippen LogP contribution in [-0.2, 0) is 6.42 Å². The van der Waals surface area contributed by atoms with Gasteiger partial charge in [0.25, 0.3) is 0 Å². The van der Waals surface area contributed by atoms with Crippen molar-refractivity contribution in [2.45, 2.75) is 52.0 Å². The maximum absolute atomic E-state index is 5.75. The molecule has 3 atom stereocenters. The molecule has 0 aliphatic heterocycles. The number of hydrogen-bond donors (Lipinski definition) is 2. The Bertz CT molecular complexity index is 326. The van der Waals surface area contributed by atoms with E-state index in [1.807, 2.05) is 12.1 Å². The van der Waals surface area contributed by atoms with Gasteiger partial charge in [0.05, 0.1) is 6.26 Å². The average molecular weight is 250 g/mol. The molecule has 3 N–H and O–H groups in total. The van der Waals surface area contributed by atoms with Crippen LogP contribution in [0.15, 0.2) is 22.8 Å². The topological polar surface area (TPSA) is 51.2 Å². The fourth-order valence-electron chi connectivity index (χ4n) is 3.55. The van der Waals surface area contributed by atoms with E-state index >= 15 is 0 Å². The molecule has 1 aliphatic carbocycles. The van der Waals surface area contributed by atoms with Gasteiger partial charge in [-0.3, -0.25) is 11.3 Å². The molecule has 3 heteroatoms. The summed E-state index contributed by atoms with van der Waals surface area (Å²) in [7, 11) is 0. The van der Waals surface area contributed by atoms with E-state index in [2.05, 4.69) is 19.3 Å². The summed E-state index contributed by atoms with van der Waals surface area (Å²) in [6, 6.07) is 4.41. The predicted molar refractivity (Wildman–Crippen MR) is 73.8 cm³/mol. The highest BCUT2D eigenvalue weighted by molar-refractivity contribution is 4.99. The second-order valence-corrected chi connectivity index (χ2v) is 6.07. The minimum absolute atomic E-state index is 0.417. The van der Waals surface area contributed by atoms with E-state index in [1.54, 1.807) is 6.26 Å². The van der Waals surface area contributed by atoms with Crippen molar-refractivity contribution in [2.75, 3.05) is 0 Å². The molecule has 3 nitrogen and oxygen atoms in total. The highest BCUT2D eigenvalue weighted by atomic mass is 16.3. The summed E-state index contributed by atoms with van der Waals surface area (Å²) in [5, 5.41) is 0. The lowest BCUT2D eigenvalue weighted by Gasteiger charge is -2.36. The highest BCUT2D eigenvalue weighted by Crippen LogP contribution is 2.35. The SMILES string of the molecule is CC1CC(C)CC(C(CCc2ccco2)NN)C1. The lowest BCUT2D eigenvalue weighted by molar-refractivity contribution is 0.170. The number of hydrazine groups is 1. The maximum atomic E-state index is 5.75. The molecular weight excluding hydrogens is 224 g/mol. The van der Waals surface area contributed by atoms with E-state index in [4.69, 9.17) is 10.3 Å². The normalized spacial score (nSPS) is 30.3. The van der Waals surface area contributed by atoms with Crippen molar-refractivity contribution in [2.24, 2.45) is 23.6 Å². The highest BCUT2D eigenvalue weighted by Gasteiger charge is 2.29. The van der Waals surface area contributed by atoms with E-state index in [1.165, 1.54) is 19.3 Å². The van der Waals surface area contributed by atoms with Gasteiger partial charge in [0, 0.05) is 12.5 Å². The van der Waals surface area contributed by atoms with Gasteiger partial charge in [-0.15, -0.1) is 0 Å². The van der Waals surface area contributed by atoms with Crippen LogP contribution in [0.2, 0.25) is 0 Å². The van der Waals surface area contributed by atoms with E-state index in [9.17, 15) is 0 Å². The molecule has 18 heavy (non-hydrogen) atoms. The summed E-state index contributed by atoms with van der Waals surface area (Å²) in [5.74, 6) is 9.19. The summed E-state index contributed by atoms with van der Waals surface area (Å²) in [5.41, 5.74) is 3.03. The molecule has 0 saturated heterocycles. The third kappa shape index (κ3) is 3.59. The van der Waals surface area contributed by atoms with Crippen molar-refractivity contribution < 1.29 is 4.42 Å². The van der Waals surface area contributed by atoms with Crippen LogP contribution in [0.25, 0.3) is 0 Å². The predicted octanol–water partition coefficient (Wildman–Crippen LogP) is 3.12. The summed E-state index contributed by atoms with van der Waals surface area (Å²) >= 11 is 0. The van der Waals surface area contributed by atoms with Gasteiger partial charge in [-0.1, -0.05) is 13.8 Å².